The van der Waals surface area contributed by atoms with Crippen LogP contribution in [-0.2, 0) is 11.3 Å². The largest absolute Gasteiger partial charge is 0.480 e. The highest BCUT2D eigenvalue weighted by Crippen LogP contribution is 2.09. The Bertz CT molecular complexity index is 586. The quantitative estimate of drug-likeness (QED) is 0.818. The summed E-state index contributed by atoms with van der Waals surface area (Å²) in [6.07, 6.45) is 2.76. The number of nitrogens with zero attached hydrogens (tertiary/aromatic N) is 3. The van der Waals surface area contributed by atoms with Gasteiger partial charge < -0.3 is 14.9 Å². The van der Waals surface area contributed by atoms with Gasteiger partial charge in [-0.3, -0.25) is 14.3 Å². The molecule has 0 spiro atoms. The van der Waals surface area contributed by atoms with Crippen molar-refractivity contribution in [2.24, 2.45) is 0 Å². The fourth-order valence-corrected chi connectivity index (χ4v) is 1.32. The van der Waals surface area contributed by atoms with Crippen LogP contribution in [0, 0.1) is 6.92 Å². The van der Waals surface area contributed by atoms with Crippen molar-refractivity contribution in [1.82, 2.24) is 14.9 Å². The van der Waals surface area contributed by atoms with E-state index in [0.717, 1.165) is 0 Å². The van der Waals surface area contributed by atoms with E-state index in [9.17, 15) is 9.59 Å². The summed E-state index contributed by atoms with van der Waals surface area (Å²) in [5.41, 5.74) is 0.983. The lowest BCUT2D eigenvalue weighted by Crippen LogP contribution is -2.11. The zero-order valence-corrected chi connectivity index (χ0v) is 9.45. The Kier molecular flexibility index (Phi) is 3.09. The van der Waals surface area contributed by atoms with Gasteiger partial charge in [0.2, 0.25) is 5.76 Å². The van der Waals surface area contributed by atoms with Crippen LogP contribution in [0.25, 0.3) is 0 Å². The molecule has 0 atom stereocenters. The van der Waals surface area contributed by atoms with Crippen LogP contribution in [-0.4, -0.2) is 31.9 Å². The van der Waals surface area contributed by atoms with Crippen molar-refractivity contribution < 1.29 is 19.2 Å². The molecule has 0 aliphatic heterocycles. The zero-order valence-electron chi connectivity index (χ0n) is 9.45. The molecule has 2 rings (SSSR count). The fourth-order valence-electron chi connectivity index (χ4n) is 1.32. The van der Waals surface area contributed by atoms with Crippen molar-refractivity contribution in [3.63, 3.8) is 0 Å². The number of hydrogen-bond acceptors (Lipinski definition) is 5. The van der Waals surface area contributed by atoms with Gasteiger partial charge in [0.15, 0.2) is 0 Å². The first-order valence-electron chi connectivity index (χ1n) is 5.03. The van der Waals surface area contributed by atoms with E-state index >= 15 is 0 Å². The molecular weight excluding hydrogens is 240 g/mol. The van der Waals surface area contributed by atoms with Gasteiger partial charge in [-0.2, -0.15) is 5.10 Å². The van der Waals surface area contributed by atoms with Gasteiger partial charge in [-0.25, -0.2) is 0 Å². The Morgan fingerprint density at radius 3 is 2.94 bits per heavy atom. The van der Waals surface area contributed by atoms with E-state index in [-0.39, 0.29) is 12.3 Å². The van der Waals surface area contributed by atoms with Crippen molar-refractivity contribution in [2.45, 2.75) is 13.5 Å². The Labute approximate surface area is 101 Å². The number of amides is 1. The molecule has 0 aliphatic carbocycles. The molecule has 94 valence electrons. The van der Waals surface area contributed by atoms with E-state index in [2.05, 4.69) is 15.6 Å². The second-order valence-electron chi connectivity index (χ2n) is 3.61. The highest BCUT2D eigenvalue weighted by molar-refractivity contribution is 6.02. The Morgan fingerprint density at radius 2 is 2.33 bits per heavy atom. The van der Waals surface area contributed by atoms with Crippen LogP contribution in [0.3, 0.4) is 0 Å². The SMILES string of the molecule is Cc1cc(C(=O)Nc2cnn(CC(=O)O)c2)on1. The number of aromatic nitrogens is 3. The average molecular weight is 250 g/mol. The molecular formula is C10H10N4O4. The minimum Gasteiger partial charge on any atom is -0.480 e. The number of anilines is 1. The number of carbonyl (C=O) groups excluding carboxylic acids is 1. The molecule has 2 N–H and O–H groups in total. The number of rotatable bonds is 4. The maximum atomic E-state index is 11.7. The molecule has 0 saturated heterocycles. The summed E-state index contributed by atoms with van der Waals surface area (Å²) in [5, 5.41) is 18.5. The van der Waals surface area contributed by atoms with Crippen LogP contribution in [0.15, 0.2) is 23.0 Å². The molecule has 0 fully saturated rings. The van der Waals surface area contributed by atoms with Gasteiger partial charge in [0.05, 0.1) is 17.6 Å². The number of carboxylic acids is 1. The van der Waals surface area contributed by atoms with E-state index in [1.54, 1.807) is 6.92 Å². The second kappa shape index (κ2) is 4.70. The third-order valence-electron chi connectivity index (χ3n) is 2.04. The average Bonchev–Trinajstić information content (AvgIpc) is 2.87. The van der Waals surface area contributed by atoms with E-state index < -0.39 is 11.9 Å². The highest BCUT2D eigenvalue weighted by atomic mass is 16.5. The summed E-state index contributed by atoms with van der Waals surface area (Å²) >= 11 is 0. The predicted octanol–water partition coefficient (Wildman–Crippen LogP) is 0.516. The molecule has 0 unspecified atom stereocenters. The molecule has 0 aromatic carbocycles. The fraction of sp³-hybridized carbons (Fsp3) is 0.200. The minimum absolute atomic E-state index is 0.0819. The second-order valence-corrected chi connectivity index (χ2v) is 3.61. The first-order chi connectivity index (χ1) is 8.54. The van der Waals surface area contributed by atoms with Crippen molar-refractivity contribution in [3.05, 3.63) is 29.9 Å². The number of carbonyl (C=O) groups is 2. The summed E-state index contributed by atoms with van der Waals surface area (Å²) in [6, 6.07) is 1.50. The molecule has 2 heterocycles. The lowest BCUT2D eigenvalue weighted by Gasteiger charge is -1.97. The summed E-state index contributed by atoms with van der Waals surface area (Å²) in [6.45, 7) is 1.43. The van der Waals surface area contributed by atoms with Gasteiger partial charge in [0.1, 0.15) is 6.54 Å². The third-order valence-corrected chi connectivity index (χ3v) is 2.04. The van der Waals surface area contributed by atoms with Crippen molar-refractivity contribution in [2.75, 3.05) is 5.32 Å². The predicted molar refractivity (Wildman–Crippen MR) is 59.1 cm³/mol. The number of hydrogen-bond donors (Lipinski definition) is 2. The molecule has 18 heavy (non-hydrogen) atoms. The molecule has 1 amide bonds. The van der Waals surface area contributed by atoms with Crippen LogP contribution >= 0.6 is 0 Å². The van der Waals surface area contributed by atoms with Gasteiger partial charge in [0, 0.05) is 12.3 Å². The first kappa shape index (κ1) is 11.8. The lowest BCUT2D eigenvalue weighted by molar-refractivity contribution is -0.137. The van der Waals surface area contributed by atoms with Crippen molar-refractivity contribution in [3.8, 4) is 0 Å². The topological polar surface area (TPSA) is 110 Å². The first-order valence-corrected chi connectivity index (χ1v) is 5.03. The molecule has 0 radical (unpaired) electrons. The van der Waals surface area contributed by atoms with Crippen LogP contribution in [0.4, 0.5) is 5.69 Å². The van der Waals surface area contributed by atoms with E-state index in [1.807, 2.05) is 0 Å². The lowest BCUT2D eigenvalue weighted by atomic mass is 10.3. The summed E-state index contributed by atoms with van der Waals surface area (Å²) in [4.78, 5) is 22.1. The number of carboxylic acid groups (broad SMARTS) is 1. The molecule has 0 bridgehead atoms. The van der Waals surface area contributed by atoms with Crippen LogP contribution < -0.4 is 5.32 Å². The van der Waals surface area contributed by atoms with E-state index in [1.165, 1.54) is 23.1 Å². The normalized spacial score (nSPS) is 10.3. The highest BCUT2D eigenvalue weighted by Gasteiger charge is 2.12. The molecule has 0 aliphatic rings. The van der Waals surface area contributed by atoms with E-state index in [4.69, 9.17) is 9.63 Å². The van der Waals surface area contributed by atoms with Gasteiger partial charge >= 0.3 is 5.97 Å². The summed E-state index contributed by atoms with van der Waals surface area (Å²) < 4.78 is 5.98. The van der Waals surface area contributed by atoms with E-state index in [0.29, 0.717) is 11.4 Å². The number of nitrogens with one attached hydrogen (secondary N) is 1. The molecule has 0 saturated carbocycles. The monoisotopic (exact) mass is 250 g/mol. The summed E-state index contributed by atoms with van der Waals surface area (Å²) in [7, 11) is 0. The van der Waals surface area contributed by atoms with Gasteiger partial charge in [0.25, 0.3) is 5.91 Å². The minimum atomic E-state index is -1.01. The van der Waals surface area contributed by atoms with Crippen LogP contribution in [0.1, 0.15) is 16.2 Å². The maximum Gasteiger partial charge on any atom is 0.325 e. The molecule has 2 aromatic rings. The Hall–Kier alpha value is -2.64. The third kappa shape index (κ3) is 2.73. The molecule has 8 heteroatoms. The summed E-state index contributed by atoms with van der Waals surface area (Å²) in [5.74, 6) is -1.40. The Morgan fingerprint density at radius 1 is 1.56 bits per heavy atom. The van der Waals surface area contributed by atoms with Crippen molar-refractivity contribution >= 4 is 17.6 Å². The molecule has 8 nitrogen and oxygen atoms in total. The number of aryl methyl sites for hydroxylation is 1. The Balaban J connectivity index is 2.03. The van der Waals surface area contributed by atoms with Crippen LogP contribution in [0.5, 0.6) is 0 Å². The van der Waals surface area contributed by atoms with Crippen LogP contribution in [0.2, 0.25) is 0 Å². The van der Waals surface area contributed by atoms with Gasteiger partial charge in [-0.1, -0.05) is 5.16 Å². The van der Waals surface area contributed by atoms with Gasteiger partial charge in [-0.15, -0.1) is 0 Å². The smallest absolute Gasteiger partial charge is 0.325 e. The van der Waals surface area contributed by atoms with Gasteiger partial charge in [-0.05, 0) is 6.92 Å². The number of aliphatic carboxylic acids is 1. The maximum absolute atomic E-state index is 11.7. The van der Waals surface area contributed by atoms with Crippen molar-refractivity contribution in [1.29, 1.82) is 0 Å². The molecule has 2 aromatic heterocycles. The standard InChI is InChI=1S/C10H10N4O4/c1-6-2-8(18-13-6)10(17)12-7-3-11-14(4-7)5-9(15)16/h2-4H,5H2,1H3,(H,12,17)(H,15,16). The zero-order chi connectivity index (χ0) is 13.1.